The Morgan fingerprint density at radius 1 is 0.767 bits per heavy atom. The van der Waals surface area contributed by atoms with E-state index < -0.39 is 17.5 Å². The van der Waals surface area contributed by atoms with Gasteiger partial charge in [0.25, 0.3) is 0 Å². The van der Waals surface area contributed by atoms with Crippen molar-refractivity contribution in [3.05, 3.63) is 58.9 Å². The summed E-state index contributed by atoms with van der Waals surface area (Å²) in [5.41, 5.74) is 1.38. The van der Waals surface area contributed by atoms with Gasteiger partial charge in [-0.3, -0.25) is 0 Å². The molecule has 30 heavy (non-hydrogen) atoms. The first kappa shape index (κ1) is 22.9. The predicted molar refractivity (Wildman–Crippen MR) is 119 cm³/mol. The second-order valence-electron chi connectivity index (χ2n) is 8.99. The number of halogens is 3. The molecular weight excluding hydrogens is 381 g/mol. The lowest BCUT2D eigenvalue weighted by molar-refractivity contribution is 0.249. The lowest BCUT2D eigenvalue weighted by Crippen LogP contribution is -2.15. The predicted octanol–water partition coefficient (Wildman–Crippen LogP) is 8.65. The van der Waals surface area contributed by atoms with E-state index in [1.807, 2.05) is 6.07 Å². The maximum Gasteiger partial charge on any atom is 0.167 e. The zero-order valence-electron chi connectivity index (χ0n) is 18.5. The molecule has 0 N–H and O–H groups in total. The van der Waals surface area contributed by atoms with E-state index in [1.165, 1.54) is 63.5 Å². The highest BCUT2D eigenvalue weighted by atomic mass is 19.2. The molecule has 2 aromatic carbocycles. The van der Waals surface area contributed by atoms with Crippen molar-refractivity contribution in [1.29, 1.82) is 0 Å². The summed E-state index contributed by atoms with van der Waals surface area (Å²) in [7, 11) is 0. The van der Waals surface area contributed by atoms with Gasteiger partial charge in [0.05, 0.1) is 0 Å². The SMILES string of the molecule is CCCCCC1CCC(CCc2ccc(-c3ccc(CC)c(F)c3F)c(F)c2)CC1. The monoisotopic (exact) mass is 416 g/mol. The van der Waals surface area contributed by atoms with Crippen molar-refractivity contribution in [2.75, 3.05) is 0 Å². The first-order valence-corrected chi connectivity index (χ1v) is 11.8. The van der Waals surface area contributed by atoms with Crippen molar-refractivity contribution >= 4 is 0 Å². The van der Waals surface area contributed by atoms with Gasteiger partial charge in [-0.2, -0.15) is 0 Å². The van der Waals surface area contributed by atoms with Crippen LogP contribution in [-0.2, 0) is 12.8 Å². The van der Waals surface area contributed by atoms with Gasteiger partial charge in [-0.15, -0.1) is 0 Å². The third-order valence-corrected chi connectivity index (χ3v) is 6.89. The van der Waals surface area contributed by atoms with Crippen molar-refractivity contribution < 1.29 is 13.2 Å². The van der Waals surface area contributed by atoms with Gasteiger partial charge in [-0.1, -0.05) is 89.5 Å². The largest absolute Gasteiger partial charge is 0.206 e. The highest BCUT2D eigenvalue weighted by Crippen LogP contribution is 2.35. The van der Waals surface area contributed by atoms with Gasteiger partial charge in [0.2, 0.25) is 0 Å². The van der Waals surface area contributed by atoms with Crippen LogP contribution in [-0.4, -0.2) is 0 Å². The molecule has 1 saturated carbocycles. The third-order valence-electron chi connectivity index (χ3n) is 6.89. The average molecular weight is 417 g/mol. The maximum absolute atomic E-state index is 14.7. The minimum atomic E-state index is -0.961. The minimum absolute atomic E-state index is 0.00450. The number of hydrogen-bond acceptors (Lipinski definition) is 0. The summed E-state index contributed by atoms with van der Waals surface area (Å²) in [4.78, 5) is 0. The summed E-state index contributed by atoms with van der Waals surface area (Å²) in [5.74, 6) is -0.683. The topological polar surface area (TPSA) is 0 Å². The summed E-state index contributed by atoms with van der Waals surface area (Å²) in [6, 6.07) is 7.98. The van der Waals surface area contributed by atoms with Crippen LogP contribution in [0.5, 0.6) is 0 Å². The van der Waals surface area contributed by atoms with E-state index in [2.05, 4.69) is 6.92 Å². The second kappa shape index (κ2) is 11.0. The molecule has 2 aromatic rings. The van der Waals surface area contributed by atoms with Gasteiger partial charge >= 0.3 is 0 Å². The first-order chi connectivity index (χ1) is 14.5. The molecular formula is C27H35F3. The molecule has 3 heteroatoms. The standard InChI is InChI=1S/C27H35F3/c1-3-5-6-7-19-8-10-20(11-9-19)12-13-21-14-16-23(25(28)18-21)24-17-15-22(4-2)26(29)27(24)30/h14-20H,3-13H2,1-2H3. The van der Waals surface area contributed by atoms with Crippen LogP contribution in [0.4, 0.5) is 13.2 Å². The zero-order valence-corrected chi connectivity index (χ0v) is 18.5. The summed E-state index contributed by atoms with van der Waals surface area (Å²) < 4.78 is 43.2. The molecule has 0 unspecified atom stereocenters. The summed E-state index contributed by atoms with van der Waals surface area (Å²) in [6.07, 6.45) is 12.9. The van der Waals surface area contributed by atoms with E-state index in [-0.39, 0.29) is 11.1 Å². The quantitative estimate of drug-likeness (QED) is 0.359. The third kappa shape index (κ3) is 5.68. The molecule has 0 atom stereocenters. The Labute approximate surface area is 179 Å². The lowest BCUT2D eigenvalue weighted by atomic mass is 9.78. The van der Waals surface area contributed by atoms with Gasteiger partial charge in [0.15, 0.2) is 11.6 Å². The molecule has 0 amide bonds. The van der Waals surface area contributed by atoms with Crippen molar-refractivity contribution in [3.63, 3.8) is 0 Å². The van der Waals surface area contributed by atoms with Gasteiger partial charge in [0.1, 0.15) is 5.82 Å². The molecule has 0 bridgehead atoms. The molecule has 0 aromatic heterocycles. The Kier molecular flexibility index (Phi) is 8.41. The molecule has 1 aliphatic rings. The van der Waals surface area contributed by atoms with Crippen LogP contribution in [0.25, 0.3) is 11.1 Å². The normalized spacial score (nSPS) is 19.2. The van der Waals surface area contributed by atoms with Crippen molar-refractivity contribution in [1.82, 2.24) is 0 Å². The Morgan fingerprint density at radius 3 is 2.07 bits per heavy atom. The van der Waals surface area contributed by atoms with Crippen LogP contribution >= 0.6 is 0 Å². The van der Waals surface area contributed by atoms with E-state index >= 15 is 0 Å². The van der Waals surface area contributed by atoms with Gasteiger partial charge < -0.3 is 0 Å². The lowest BCUT2D eigenvalue weighted by Gasteiger charge is -2.28. The highest BCUT2D eigenvalue weighted by Gasteiger charge is 2.21. The van der Waals surface area contributed by atoms with Crippen LogP contribution in [0, 0.1) is 29.3 Å². The van der Waals surface area contributed by atoms with Gasteiger partial charge in [-0.25, -0.2) is 13.2 Å². The van der Waals surface area contributed by atoms with E-state index in [9.17, 15) is 13.2 Å². The van der Waals surface area contributed by atoms with Crippen LogP contribution < -0.4 is 0 Å². The molecule has 0 radical (unpaired) electrons. The molecule has 0 aliphatic heterocycles. The average Bonchev–Trinajstić information content (AvgIpc) is 2.76. The molecule has 0 spiro atoms. The number of aryl methyl sites for hydroxylation is 2. The Balaban J connectivity index is 1.56. The summed E-state index contributed by atoms with van der Waals surface area (Å²) in [5, 5.41) is 0. The molecule has 164 valence electrons. The number of benzene rings is 2. The Morgan fingerprint density at radius 2 is 1.43 bits per heavy atom. The number of rotatable bonds is 9. The van der Waals surface area contributed by atoms with Crippen molar-refractivity contribution in [2.45, 2.75) is 84.5 Å². The van der Waals surface area contributed by atoms with E-state index in [1.54, 1.807) is 19.1 Å². The molecule has 1 fully saturated rings. The maximum atomic E-state index is 14.7. The molecule has 0 nitrogen and oxygen atoms in total. The molecule has 0 heterocycles. The first-order valence-electron chi connectivity index (χ1n) is 11.8. The van der Waals surface area contributed by atoms with Crippen molar-refractivity contribution in [3.8, 4) is 11.1 Å². The van der Waals surface area contributed by atoms with Gasteiger partial charge in [0, 0.05) is 11.1 Å². The van der Waals surface area contributed by atoms with Gasteiger partial charge in [-0.05, 0) is 48.3 Å². The number of unbranched alkanes of at least 4 members (excludes halogenated alkanes) is 2. The van der Waals surface area contributed by atoms with E-state index in [0.29, 0.717) is 12.0 Å². The Hall–Kier alpha value is -1.77. The zero-order chi connectivity index (χ0) is 21.5. The van der Waals surface area contributed by atoms with E-state index in [4.69, 9.17) is 0 Å². The smallest absolute Gasteiger partial charge is 0.167 e. The van der Waals surface area contributed by atoms with E-state index in [0.717, 1.165) is 30.2 Å². The van der Waals surface area contributed by atoms with Crippen molar-refractivity contribution in [2.24, 2.45) is 11.8 Å². The summed E-state index contributed by atoms with van der Waals surface area (Å²) >= 11 is 0. The fraction of sp³-hybridized carbons (Fsp3) is 0.556. The van der Waals surface area contributed by atoms with Crippen LogP contribution in [0.1, 0.15) is 82.8 Å². The summed E-state index contributed by atoms with van der Waals surface area (Å²) in [6.45, 7) is 4.02. The van der Waals surface area contributed by atoms with Crippen LogP contribution in [0.2, 0.25) is 0 Å². The highest BCUT2D eigenvalue weighted by molar-refractivity contribution is 5.66. The minimum Gasteiger partial charge on any atom is -0.206 e. The molecule has 0 saturated heterocycles. The number of hydrogen-bond donors (Lipinski definition) is 0. The second-order valence-corrected chi connectivity index (χ2v) is 8.99. The molecule has 3 rings (SSSR count). The van der Waals surface area contributed by atoms with Crippen LogP contribution in [0.3, 0.4) is 0 Å². The van der Waals surface area contributed by atoms with Crippen LogP contribution in [0.15, 0.2) is 30.3 Å². The fourth-order valence-electron chi connectivity index (χ4n) is 4.87. The fourth-order valence-corrected chi connectivity index (χ4v) is 4.87. The Bertz CT molecular complexity index is 819. The molecule has 1 aliphatic carbocycles.